The highest BCUT2D eigenvalue weighted by atomic mass is 35.5. The Kier molecular flexibility index (Phi) is 6.24. The molecule has 2 rings (SSSR count). The van der Waals surface area contributed by atoms with E-state index in [0.29, 0.717) is 22.9 Å². The van der Waals surface area contributed by atoms with Crippen LogP contribution in [0, 0.1) is 0 Å². The molecule has 0 radical (unpaired) electrons. The topological polar surface area (TPSA) is 63.2 Å². The fourth-order valence-electron chi connectivity index (χ4n) is 1.83. The highest BCUT2D eigenvalue weighted by Gasteiger charge is 2.13. The minimum absolute atomic E-state index is 0.0960. The van der Waals surface area contributed by atoms with Gasteiger partial charge in [0.15, 0.2) is 5.78 Å². The van der Waals surface area contributed by atoms with Crippen molar-refractivity contribution in [3.05, 3.63) is 59.1 Å². The molecule has 0 amide bonds. The van der Waals surface area contributed by atoms with Gasteiger partial charge in [0.1, 0.15) is 0 Å². The van der Waals surface area contributed by atoms with Crippen molar-refractivity contribution in [2.24, 2.45) is 0 Å². The van der Waals surface area contributed by atoms with Gasteiger partial charge in [-0.25, -0.2) is 13.1 Å². The predicted octanol–water partition coefficient (Wildman–Crippen LogP) is 3.61. The van der Waals surface area contributed by atoms with Gasteiger partial charge in [-0.2, -0.15) is 0 Å². The quantitative estimate of drug-likeness (QED) is 0.460. The van der Waals surface area contributed by atoms with Crippen LogP contribution in [-0.4, -0.2) is 26.5 Å². The molecule has 0 saturated heterocycles. The van der Waals surface area contributed by atoms with Crippen LogP contribution in [0.1, 0.15) is 17.3 Å². The number of carbonyl (C=O) groups excluding carboxylic acids is 1. The molecule has 2 aromatic carbocycles. The Morgan fingerprint density at radius 1 is 1.09 bits per heavy atom. The number of hydrogen-bond donors (Lipinski definition) is 1. The summed E-state index contributed by atoms with van der Waals surface area (Å²) in [5, 5.41) is 0.670. The lowest BCUT2D eigenvalue weighted by Gasteiger charge is -2.07. The fourth-order valence-corrected chi connectivity index (χ4v) is 3.88. The minimum atomic E-state index is -3.56. The van der Waals surface area contributed by atoms with Crippen molar-refractivity contribution in [3.8, 4) is 0 Å². The second-order valence-electron chi connectivity index (χ2n) is 4.78. The number of Topliss-reactive ketones (excluding diaryl/α,β-unsaturated/α-hetero) is 1. The van der Waals surface area contributed by atoms with Gasteiger partial charge in [-0.1, -0.05) is 23.7 Å². The summed E-state index contributed by atoms with van der Waals surface area (Å²) in [5.41, 5.74) is 0.488. The zero-order valence-electron chi connectivity index (χ0n) is 12.5. The Morgan fingerprint density at radius 3 is 2.26 bits per heavy atom. The Bertz CT molecular complexity index is 772. The van der Waals surface area contributed by atoms with Crippen molar-refractivity contribution in [2.75, 3.05) is 12.3 Å². The van der Waals surface area contributed by atoms with Crippen molar-refractivity contribution in [1.82, 2.24) is 4.72 Å². The number of thioether (sulfide) groups is 1. The Labute approximate surface area is 145 Å². The van der Waals surface area contributed by atoms with Gasteiger partial charge in [0.05, 0.1) is 4.90 Å². The summed E-state index contributed by atoms with van der Waals surface area (Å²) in [5.74, 6) is 0.508. The first kappa shape index (κ1) is 18.0. The average molecular weight is 370 g/mol. The number of nitrogens with one attached hydrogen (secondary N) is 1. The molecule has 0 aliphatic carbocycles. The average Bonchev–Trinajstić information content (AvgIpc) is 2.53. The summed E-state index contributed by atoms with van der Waals surface area (Å²) < 4.78 is 26.8. The van der Waals surface area contributed by atoms with Gasteiger partial charge in [-0.15, -0.1) is 11.8 Å². The summed E-state index contributed by atoms with van der Waals surface area (Å²) in [6, 6.07) is 13.3. The van der Waals surface area contributed by atoms with Crippen molar-refractivity contribution in [3.63, 3.8) is 0 Å². The molecule has 1 N–H and O–H groups in total. The lowest BCUT2D eigenvalue weighted by atomic mass is 10.2. The lowest BCUT2D eigenvalue weighted by Crippen LogP contribution is -2.26. The number of sulfonamides is 1. The SMILES string of the molecule is CC(=O)c1ccc(S(=O)(=O)NCCSc2ccc(Cl)cc2)cc1. The van der Waals surface area contributed by atoms with Crippen molar-refractivity contribution in [2.45, 2.75) is 16.7 Å². The van der Waals surface area contributed by atoms with Gasteiger partial charge in [0.25, 0.3) is 0 Å². The van der Waals surface area contributed by atoms with Crippen molar-refractivity contribution >= 4 is 39.2 Å². The number of hydrogen-bond acceptors (Lipinski definition) is 4. The summed E-state index contributed by atoms with van der Waals surface area (Å²) in [7, 11) is -3.56. The van der Waals surface area contributed by atoms with Gasteiger partial charge in [0, 0.05) is 27.8 Å². The molecular weight excluding hydrogens is 354 g/mol. The van der Waals surface area contributed by atoms with Crippen LogP contribution in [0.3, 0.4) is 0 Å². The summed E-state index contributed by atoms with van der Waals surface area (Å²) >= 11 is 7.35. The Balaban J connectivity index is 1.88. The molecule has 4 nitrogen and oxygen atoms in total. The Hall–Kier alpha value is -1.34. The number of benzene rings is 2. The third-order valence-corrected chi connectivity index (χ3v) is 5.79. The van der Waals surface area contributed by atoms with Crippen LogP contribution in [0.4, 0.5) is 0 Å². The highest BCUT2D eigenvalue weighted by Crippen LogP contribution is 2.20. The van der Waals surface area contributed by atoms with Crippen LogP contribution in [0.15, 0.2) is 58.3 Å². The number of halogens is 1. The van der Waals surface area contributed by atoms with E-state index in [9.17, 15) is 13.2 Å². The molecule has 0 heterocycles. The molecule has 0 bridgehead atoms. The van der Waals surface area contributed by atoms with Crippen LogP contribution in [0.25, 0.3) is 0 Å². The van der Waals surface area contributed by atoms with Crippen molar-refractivity contribution in [1.29, 1.82) is 0 Å². The Morgan fingerprint density at radius 2 is 1.70 bits per heavy atom. The first-order chi connectivity index (χ1) is 10.9. The van der Waals surface area contributed by atoms with E-state index in [1.54, 1.807) is 23.9 Å². The third kappa shape index (κ3) is 5.35. The van der Waals surface area contributed by atoms with E-state index in [2.05, 4.69) is 4.72 Å². The van der Waals surface area contributed by atoms with Gasteiger partial charge in [-0.05, 0) is 43.3 Å². The fraction of sp³-hybridized carbons (Fsp3) is 0.188. The second-order valence-corrected chi connectivity index (χ2v) is 8.15. The molecular formula is C16H16ClNO3S2. The number of rotatable bonds is 7. The molecule has 0 fully saturated rings. The van der Waals surface area contributed by atoms with E-state index in [4.69, 9.17) is 11.6 Å². The summed E-state index contributed by atoms with van der Waals surface area (Å²) in [6.45, 7) is 1.75. The van der Waals surface area contributed by atoms with Crippen LogP contribution < -0.4 is 4.72 Å². The summed E-state index contributed by atoms with van der Waals surface area (Å²) in [6.07, 6.45) is 0. The smallest absolute Gasteiger partial charge is 0.240 e. The van der Waals surface area contributed by atoms with Gasteiger partial charge in [-0.3, -0.25) is 4.79 Å². The van der Waals surface area contributed by atoms with Crippen LogP contribution >= 0.6 is 23.4 Å². The molecule has 0 aliphatic heterocycles. The van der Waals surface area contributed by atoms with Crippen molar-refractivity contribution < 1.29 is 13.2 Å². The first-order valence-electron chi connectivity index (χ1n) is 6.87. The summed E-state index contributed by atoms with van der Waals surface area (Å²) in [4.78, 5) is 12.4. The predicted molar refractivity (Wildman–Crippen MR) is 93.8 cm³/mol. The molecule has 122 valence electrons. The zero-order chi connectivity index (χ0) is 16.9. The van der Waals surface area contributed by atoms with Crippen LogP contribution in [0.5, 0.6) is 0 Å². The second kappa shape index (κ2) is 7.97. The van der Waals surface area contributed by atoms with E-state index >= 15 is 0 Å². The van der Waals surface area contributed by atoms with E-state index < -0.39 is 10.0 Å². The molecule has 0 atom stereocenters. The van der Waals surface area contributed by atoms with Gasteiger partial charge >= 0.3 is 0 Å². The monoisotopic (exact) mass is 369 g/mol. The molecule has 0 aromatic heterocycles. The van der Waals surface area contributed by atoms with E-state index in [1.165, 1.54) is 31.2 Å². The van der Waals surface area contributed by atoms with E-state index in [0.717, 1.165) is 4.90 Å². The molecule has 7 heteroatoms. The maximum Gasteiger partial charge on any atom is 0.240 e. The van der Waals surface area contributed by atoms with E-state index in [1.807, 2.05) is 12.1 Å². The van der Waals surface area contributed by atoms with Gasteiger partial charge in [0.2, 0.25) is 10.0 Å². The van der Waals surface area contributed by atoms with E-state index in [-0.39, 0.29) is 10.7 Å². The maximum atomic E-state index is 12.1. The molecule has 23 heavy (non-hydrogen) atoms. The first-order valence-corrected chi connectivity index (χ1v) is 9.72. The van der Waals surface area contributed by atoms with Crippen LogP contribution in [0.2, 0.25) is 5.02 Å². The zero-order valence-corrected chi connectivity index (χ0v) is 14.8. The normalized spacial score (nSPS) is 11.4. The lowest BCUT2D eigenvalue weighted by molar-refractivity contribution is 0.101. The standard InChI is InChI=1S/C16H16ClNO3S2/c1-12(19)13-2-8-16(9-3-13)23(20,21)18-10-11-22-15-6-4-14(17)5-7-15/h2-9,18H,10-11H2,1H3. The molecule has 0 saturated carbocycles. The maximum absolute atomic E-state index is 12.1. The van der Waals surface area contributed by atoms with Gasteiger partial charge < -0.3 is 0 Å². The largest absolute Gasteiger partial charge is 0.295 e. The third-order valence-electron chi connectivity index (χ3n) is 3.05. The molecule has 2 aromatic rings. The molecule has 0 spiro atoms. The highest BCUT2D eigenvalue weighted by molar-refractivity contribution is 7.99. The minimum Gasteiger partial charge on any atom is -0.295 e. The molecule has 0 unspecified atom stereocenters. The number of carbonyl (C=O) groups is 1. The van der Waals surface area contributed by atoms with Crippen LogP contribution in [-0.2, 0) is 10.0 Å². The molecule has 0 aliphatic rings. The number of ketones is 1.